The Bertz CT molecular complexity index is 352. The van der Waals surface area contributed by atoms with Crippen molar-refractivity contribution in [1.29, 1.82) is 0 Å². The Hall–Kier alpha value is -1.17. The Balaban J connectivity index is 2.70. The Labute approximate surface area is 91.4 Å². The lowest BCUT2D eigenvalue weighted by Gasteiger charge is -2.04. The molecular weight excluding hydrogens is 222 g/mol. The molecule has 0 saturated heterocycles. The summed E-state index contributed by atoms with van der Waals surface area (Å²) in [4.78, 5) is 11.4. The second kappa shape index (κ2) is 4.90. The standard InChI is InChI=1S/C8H8ClN3OS/c9-6-3-1-5(2-4-6)7(13)11-8(14)12-10/h1-4H,10H2,(H2,11,12,13,14). The smallest absolute Gasteiger partial charge is 0.257 e. The van der Waals surface area contributed by atoms with Crippen molar-refractivity contribution in [2.24, 2.45) is 5.84 Å². The van der Waals surface area contributed by atoms with Crippen LogP contribution in [0.2, 0.25) is 5.02 Å². The van der Waals surface area contributed by atoms with E-state index in [9.17, 15) is 4.79 Å². The summed E-state index contributed by atoms with van der Waals surface area (Å²) in [6.45, 7) is 0. The van der Waals surface area contributed by atoms with E-state index >= 15 is 0 Å². The first-order chi connectivity index (χ1) is 6.63. The minimum absolute atomic E-state index is 0.0740. The fourth-order valence-corrected chi connectivity index (χ4v) is 1.03. The lowest BCUT2D eigenvalue weighted by Crippen LogP contribution is -2.42. The zero-order valence-electron chi connectivity index (χ0n) is 7.08. The lowest BCUT2D eigenvalue weighted by molar-refractivity contribution is 0.0976. The van der Waals surface area contributed by atoms with Crippen molar-refractivity contribution >= 4 is 34.8 Å². The molecule has 0 fully saturated rings. The minimum atomic E-state index is -0.329. The Morgan fingerprint density at radius 2 is 1.93 bits per heavy atom. The Kier molecular flexibility index (Phi) is 3.82. The van der Waals surface area contributed by atoms with Crippen molar-refractivity contribution in [1.82, 2.24) is 10.7 Å². The first-order valence-corrected chi connectivity index (χ1v) is 4.49. The van der Waals surface area contributed by atoms with E-state index in [1.807, 2.05) is 0 Å². The molecule has 0 heterocycles. The van der Waals surface area contributed by atoms with E-state index in [0.717, 1.165) is 0 Å². The largest absolute Gasteiger partial charge is 0.301 e. The molecule has 4 nitrogen and oxygen atoms in total. The predicted octanol–water partition coefficient (Wildman–Crippen LogP) is 0.818. The fourth-order valence-electron chi connectivity index (χ4n) is 0.813. The van der Waals surface area contributed by atoms with Crippen molar-refractivity contribution < 1.29 is 4.79 Å². The molecule has 0 saturated carbocycles. The van der Waals surface area contributed by atoms with Crippen molar-refractivity contribution in [3.8, 4) is 0 Å². The summed E-state index contributed by atoms with van der Waals surface area (Å²) in [5.74, 6) is 4.67. The highest BCUT2D eigenvalue weighted by Crippen LogP contribution is 2.09. The average Bonchev–Trinajstić information content (AvgIpc) is 2.18. The van der Waals surface area contributed by atoms with Gasteiger partial charge in [0.1, 0.15) is 0 Å². The van der Waals surface area contributed by atoms with E-state index < -0.39 is 0 Å². The molecule has 1 aromatic rings. The number of carbonyl (C=O) groups excluding carboxylic acids is 1. The van der Waals surface area contributed by atoms with E-state index in [4.69, 9.17) is 17.4 Å². The highest BCUT2D eigenvalue weighted by Gasteiger charge is 2.05. The van der Waals surface area contributed by atoms with Gasteiger partial charge in [0.15, 0.2) is 5.11 Å². The van der Waals surface area contributed by atoms with E-state index in [2.05, 4.69) is 23.0 Å². The molecule has 0 aliphatic heterocycles. The van der Waals surface area contributed by atoms with Gasteiger partial charge in [-0.3, -0.25) is 10.1 Å². The number of nitrogens with one attached hydrogen (secondary N) is 2. The molecule has 0 aromatic heterocycles. The van der Waals surface area contributed by atoms with Crippen LogP contribution in [0, 0.1) is 0 Å². The number of hydrogen-bond donors (Lipinski definition) is 3. The number of amides is 1. The number of thiocarbonyl (C=S) groups is 1. The molecule has 0 radical (unpaired) electrons. The zero-order valence-corrected chi connectivity index (χ0v) is 8.65. The maximum atomic E-state index is 11.4. The second-order valence-electron chi connectivity index (χ2n) is 2.43. The van der Waals surface area contributed by atoms with Crippen molar-refractivity contribution in [2.45, 2.75) is 0 Å². The minimum Gasteiger partial charge on any atom is -0.301 e. The average molecular weight is 230 g/mol. The number of halogens is 1. The van der Waals surface area contributed by atoms with Gasteiger partial charge in [0.05, 0.1) is 0 Å². The zero-order chi connectivity index (χ0) is 10.6. The molecule has 14 heavy (non-hydrogen) atoms. The molecule has 0 aliphatic carbocycles. The van der Waals surface area contributed by atoms with Gasteiger partial charge in [-0.15, -0.1) is 0 Å². The molecule has 0 aliphatic rings. The van der Waals surface area contributed by atoms with E-state index in [0.29, 0.717) is 10.6 Å². The summed E-state index contributed by atoms with van der Waals surface area (Å²) in [7, 11) is 0. The molecule has 0 spiro atoms. The lowest BCUT2D eigenvalue weighted by atomic mass is 10.2. The van der Waals surface area contributed by atoms with Gasteiger partial charge in [-0.05, 0) is 36.5 Å². The maximum absolute atomic E-state index is 11.4. The van der Waals surface area contributed by atoms with Gasteiger partial charge in [-0.25, -0.2) is 5.84 Å². The first kappa shape index (κ1) is 10.9. The van der Waals surface area contributed by atoms with Crippen LogP contribution in [-0.4, -0.2) is 11.0 Å². The monoisotopic (exact) mass is 229 g/mol. The van der Waals surface area contributed by atoms with Crippen LogP contribution in [0.3, 0.4) is 0 Å². The SMILES string of the molecule is NNC(=S)NC(=O)c1ccc(Cl)cc1. The predicted molar refractivity (Wildman–Crippen MR) is 58.8 cm³/mol. The van der Waals surface area contributed by atoms with Crippen LogP contribution in [-0.2, 0) is 0 Å². The Morgan fingerprint density at radius 1 is 1.36 bits per heavy atom. The highest BCUT2D eigenvalue weighted by atomic mass is 35.5. The van der Waals surface area contributed by atoms with E-state index in [-0.39, 0.29) is 11.0 Å². The van der Waals surface area contributed by atoms with Gasteiger partial charge in [0, 0.05) is 10.6 Å². The maximum Gasteiger partial charge on any atom is 0.257 e. The third-order valence-electron chi connectivity index (χ3n) is 1.46. The van der Waals surface area contributed by atoms with Crippen LogP contribution in [0.4, 0.5) is 0 Å². The molecule has 0 bridgehead atoms. The summed E-state index contributed by atoms with van der Waals surface area (Å²) in [5.41, 5.74) is 2.62. The normalized spacial score (nSPS) is 9.29. The summed E-state index contributed by atoms with van der Waals surface area (Å²) in [5, 5.41) is 3.02. The molecule has 1 amide bonds. The molecule has 74 valence electrons. The number of rotatable bonds is 1. The molecule has 1 rings (SSSR count). The molecule has 4 N–H and O–H groups in total. The van der Waals surface area contributed by atoms with Crippen LogP contribution in [0.25, 0.3) is 0 Å². The topological polar surface area (TPSA) is 67.2 Å². The van der Waals surface area contributed by atoms with E-state index in [1.54, 1.807) is 24.3 Å². The van der Waals surface area contributed by atoms with Crippen LogP contribution < -0.4 is 16.6 Å². The fraction of sp³-hybridized carbons (Fsp3) is 0. The third-order valence-corrected chi connectivity index (χ3v) is 1.94. The highest BCUT2D eigenvalue weighted by molar-refractivity contribution is 7.80. The van der Waals surface area contributed by atoms with Gasteiger partial charge in [0.2, 0.25) is 0 Å². The van der Waals surface area contributed by atoms with Gasteiger partial charge < -0.3 is 5.43 Å². The first-order valence-electron chi connectivity index (χ1n) is 3.71. The van der Waals surface area contributed by atoms with Crippen molar-refractivity contribution in [2.75, 3.05) is 0 Å². The van der Waals surface area contributed by atoms with Gasteiger partial charge >= 0.3 is 0 Å². The van der Waals surface area contributed by atoms with E-state index in [1.165, 1.54) is 0 Å². The third kappa shape index (κ3) is 2.95. The second-order valence-corrected chi connectivity index (χ2v) is 3.28. The van der Waals surface area contributed by atoms with Gasteiger partial charge in [0.25, 0.3) is 5.91 Å². The Morgan fingerprint density at radius 3 is 2.43 bits per heavy atom. The molecule has 1 aromatic carbocycles. The number of nitrogens with two attached hydrogens (primary N) is 1. The number of hydrogen-bond acceptors (Lipinski definition) is 3. The van der Waals surface area contributed by atoms with Crippen LogP contribution >= 0.6 is 23.8 Å². The van der Waals surface area contributed by atoms with Gasteiger partial charge in [-0.2, -0.15) is 0 Å². The molecule has 6 heteroatoms. The summed E-state index contributed by atoms with van der Waals surface area (Å²) in [6.07, 6.45) is 0. The van der Waals surface area contributed by atoms with Crippen LogP contribution in [0.1, 0.15) is 10.4 Å². The summed E-state index contributed by atoms with van der Waals surface area (Å²) in [6, 6.07) is 6.43. The summed E-state index contributed by atoms with van der Waals surface area (Å²) >= 11 is 10.3. The molecule has 0 atom stereocenters. The van der Waals surface area contributed by atoms with Gasteiger partial charge in [-0.1, -0.05) is 11.6 Å². The van der Waals surface area contributed by atoms with Crippen LogP contribution in [0.15, 0.2) is 24.3 Å². The van der Waals surface area contributed by atoms with Crippen molar-refractivity contribution in [3.63, 3.8) is 0 Å². The quantitative estimate of drug-likeness (QED) is 0.379. The van der Waals surface area contributed by atoms with Crippen LogP contribution in [0.5, 0.6) is 0 Å². The molecular formula is C8H8ClN3OS. The summed E-state index contributed by atoms with van der Waals surface area (Å²) < 4.78 is 0. The van der Waals surface area contributed by atoms with Crippen molar-refractivity contribution in [3.05, 3.63) is 34.9 Å². The number of carbonyl (C=O) groups is 1. The molecule has 0 unspecified atom stereocenters. The number of hydrazine groups is 1. The number of benzene rings is 1.